The number of nitrogens with one attached hydrogen (secondary N) is 2. The molecule has 1 heterocycles. The Bertz CT molecular complexity index is 591. The van der Waals surface area contributed by atoms with Crippen molar-refractivity contribution in [1.29, 1.82) is 0 Å². The lowest BCUT2D eigenvalue weighted by molar-refractivity contribution is 0.0998. The Morgan fingerprint density at radius 1 is 1.39 bits per heavy atom. The van der Waals surface area contributed by atoms with Crippen LogP contribution in [0.3, 0.4) is 0 Å². The van der Waals surface area contributed by atoms with Crippen molar-refractivity contribution in [2.45, 2.75) is 6.92 Å². The predicted octanol–water partition coefficient (Wildman–Crippen LogP) is 0.464. The molecule has 0 saturated carbocycles. The van der Waals surface area contributed by atoms with Crippen molar-refractivity contribution in [3.8, 4) is 0 Å². The van der Waals surface area contributed by atoms with Gasteiger partial charge in [0.05, 0.1) is 6.20 Å². The van der Waals surface area contributed by atoms with Gasteiger partial charge < -0.3 is 11.1 Å². The van der Waals surface area contributed by atoms with Crippen molar-refractivity contribution < 1.29 is 9.59 Å². The van der Waals surface area contributed by atoms with Gasteiger partial charge in [0.2, 0.25) is 5.91 Å². The van der Waals surface area contributed by atoms with Gasteiger partial charge in [-0.15, -0.1) is 0 Å². The molecule has 2 amide bonds. The number of H-pyrrole nitrogens is 1. The molecule has 2 aromatic rings. The zero-order chi connectivity index (χ0) is 13.1. The lowest BCUT2D eigenvalue weighted by atomic mass is 10.1. The minimum Gasteiger partial charge on any atom is -0.366 e. The Morgan fingerprint density at radius 2 is 2.17 bits per heavy atom. The molecule has 0 saturated heterocycles. The van der Waals surface area contributed by atoms with Crippen molar-refractivity contribution in [3.05, 3.63) is 41.2 Å². The van der Waals surface area contributed by atoms with Crippen molar-refractivity contribution in [3.63, 3.8) is 0 Å². The lowest BCUT2D eigenvalue weighted by Crippen LogP contribution is -2.15. The Balaban J connectivity index is 2.20. The number of hydrogen-bond donors (Lipinski definition) is 3. The number of nitrogens with zero attached hydrogens (tertiary/aromatic N) is 2. The number of hydrogen-bond acceptors (Lipinski definition) is 4. The SMILES string of the molecule is Cc1cc(C(N)=O)ccc1NC(=O)c1cn[nH]n1. The average Bonchev–Trinajstić information content (AvgIpc) is 2.85. The van der Waals surface area contributed by atoms with Gasteiger partial charge in [0.1, 0.15) is 0 Å². The molecule has 0 aliphatic carbocycles. The van der Waals surface area contributed by atoms with E-state index in [0.29, 0.717) is 11.3 Å². The summed E-state index contributed by atoms with van der Waals surface area (Å²) in [6.07, 6.45) is 1.32. The number of primary amides is 1. The first-order valence-electron chi connectivity index (χ1n) is 5.15. The number of aromatic nitrogens is 3. The van der Waals surface area contributed by atoms with E-state index in [0.717, 1.165) is 5.56 Å². The third-order valence-electron chi connectivity index (χ3n) is 2.41. The summed E-state index contributed by atoms with van der Waals surface area (Å²) in [5.41, 5.74) is 7.08. The number of aromatic amines is 1. The second kappa shape index (κ2) is 4.66. The number of anilines is 1. The number of rotatable bonds is 3. The fourth-order valence-corrected chi connectivity index (χ4v) is 1.45. The number of nitrogens with two attached hydrogens (primary N) is 1. The molecule has 18 heavy (non-hydrogen) atoms. The fourth-order valence-electron chi connectivity index (χ4n) is 1.45. The molecule has 0 spiro atoms. The summed E-state index contributed by atoms with van der Waals surface area (Å²) in [6, 6.07) is 4.78. The lowest BCUT2D eigenvalue weighted by Gasteiger charge is -2.07. The van der Waals surface area contributed by atoms with Crippen LogP contribution in [-0.2, 0) is 0 Å². The van der Waals surface area contributed by atoms with Crippen molar-refractivity contribution in [2.24, 2.45) is 5.73 Å². The van der Waals surface area contributed by atoms with Gasteiger partial charge >= 0.3 is 0 Å². The van der Waals surface area contributed by atoms with Crippen LogP contribution in [-0.4, -0.2) is 27.2 Å². The molecule has 0 atom stereocenters. The molecule has 0 bridgehead atoms. The van der Waals surface area contributed by atoms with Gasteiger partial charge in [-0.2, -0.15) is 15.4 Å². The maximum Gasteiger partial charge on any atom is 0.277 e. The Labute approximate surface area is 102 Å². The molecule has 7 heteroatoms. The van der Waals surface area contributed by atoms with E-state index in [2.05, 4.69) is 20.7 Å². The Morgan fingerprint density at radius 3 is 2.72 bits per heavy atom. The number of aryl methyl sites for hydroxylation is 1. The summed E-state index contributed by atoms with van der Waals surface area (Å²) in [5, 5.41) is 12.2. The molecule has 4 N–H and O–H groups in total. The Kier molecular flexibility index (Phi) is 3.05. The monoisotopic (exact) mass is 245 g/mol. The predicted molar refractivity (Wildman–Crippen MR) is 64.0 cm³/mol. The average molecular weight is 245 g/mol. The van der Waals surface area contributed by atoms with E-state index >= 15 is 0 Å². The maximum atomic E-state index is 11.7. The third-order valence-corrected chi connectivity index (χ3v) is 2.41. The molecule has 1 aromatic heterocycles. The second-order valence-corrected chi connectivity index (χ2v) is 3.70. The van der Waals surface area contributed by atoms with Crippen LogP contribution in [0, 0.1) is 6.92 Å². The highest BCUT2D eigenvalue weighted by atomic mass is 16.2. The molecule has 0 aliphatic heterocycles. The molecule has 1 aromatic carbocycles. The van der Waals surface area contributed by atoms with Gasteiger partial charge in [0, 0.05) is 11.3 Å². The van der Waals surface area contributed by atoms with E-state index in [1.54, 1.807) is 25.1 Å². The van der Waals surface area contributed by atoms with Gasteiger partial charge in [-0.05, 0) is 30.7 Å². The summed E-state index contributed by atoms with van der Waals surface area (Å²) < 4.78 is 0. The zero-order valence-electron chi connectivity index (χ0n) is 9.60. The maximum absolute atomic E-state index is 11.7. The van der Waals surface area contributed by atoms with E-state index in [-0.39, 0.29) is 11.6 Å². The number of benzene rings is 1. The van der Waals surface area contributed by atoms with Gasteiger partial charge in [0.15, 0.2) is 5.69 Å². The van der Waals surface area contributed by atoms with Crippen molar-refractivity contribution >= 4 is 17.5 Å². The van der Waals surface area contributed by atoms with Crippen LogP contribution < -0.4 is 11.1 Å². The van der Waals surface area contributed by atoms with Crippen LogP contribution >= 0.6 is 0 Å². The molecular formula is C11H11N5O2. The molecule has 2 rings (SSSR count). The first kappa shape index (κ1) is 11.8. The Hall–Kier alpha value is -2.70. The van der Waals surface area contributed by atoms with Crippen LogP contribution in [0.4, 0.5) is 5.69 Å². The van der Waals surface area contributed by atoms with E-state index in [4.69, 9.17) is 5.73 Å². The van der Waals surface area contributed by atoms with Gasteiger partial charge in [-0.3, -0.25) is 9.59 Å². The summed E-state index contributed by atoms with van der Waals surface area (Å²) in [5.74, 6) is -0.883. The number of carbonyl (C=O) groups excluding carboxylic acids is 2. The summed E-state index contributed by atoms with van der Waals surface area (Å²) in [7, 11) is 0. The van der Waals surface area contributed by atoms with Gasteiger partial charge in [-0.1, -0.05) is 0 Å². The smallest absolute Gasteiger partial charge is 0.277 e. The fraction of sp³-hybridized carbons (Fsp3) is 0.0909. The largest absolute Gasteiger partial charge is 0.366 e. The minimum absolute atomic E-state index is 0.188. The van der Waals surface area contributed by atoms with Crippen LogP contribution in [0.5, 0.6) is 0 Å². The molecule has 0 aliphatic rings. The first-order valence-corrected chi connectivity index (χ1v) is 5.15. The number of carbonyl (C=O) groups is 2. The van der Waals surface area contributed by atoms with Crippen LogP contribution in [0.2, 0.25) is 0 Å². The topological polar surface area (TPSA) is 114 Å². The number of amides is 2. The molecule has 0 radical (unpaired) electrons. The first-order chi connectivity index (χ1) is 8.58. The summed E-state index contributed by atoms with van der Waals surface area (Å²) >= 11 is 0. The molecule has 92 valence electrons. The zero-order valence-corrected chi connectivity index (χ0v) is 9.60. The van der Waals surface area contributed by atoms with E-state index in [1.807, 2.05) is 0 Å². The molecule has 0 fully saturated rings. The van der Waals surface area contributed by atoms with Crippen LogP contribution in [0.15, 0.2) is 24.4 Å². The highest BCUT2D eigenvalue weighted by Crippen LogP contribution is 2.16. The highest BCUT2D eigenvalue weighted by Gasteiger charge is 2.11. The van der Waals surface area contributed by atoms with Gasteiger partial charge in [-0.25, -0.2) is 0 Å². The van der Waals surface area contributed by atoms with Crippen LogP contribution in [0.1, 0.15) is 26.4 Å². The van der Waals surface area contributed by atoms with Crippen molar-refractivity contribution in [2.75, 3.05) is 5.32 Å². The highest BCUT2D eigenvalue weighted by molar-refractivity contribution is 6.03. The molecule has 7 nitrogen and oxygen atoms in total. The molecule has 0 unspecified atom stereocenters. The van der Waals surface area contributed by atoms with E-state index in [1.165, 1.54) is 6.20 Å². The van der Waals surface area contributed by atoms with Gasteiger partial charge in [0.25, 0.3) is 5.91 Å². The normalized spacial score (nSPS) is 10.1. The van der Waals surface area contributed by atoms with Crippen LogP contribution in [0.25, 0.3) is 0 Å². The quantitative estimate of drug-likeness (QED) is 0.728. The molecular weight excluding hydrogens is 234 g/mol. The summed E-state index contributed by atoms with van der Waals surface area (Å²) in [6.45, 7) is 1.77. The summed E-state index contributed by atoms with van der Waals surface area (Å²) in [4.78, 5) is 22.7. The standard InChI is InChI=1S/C11H11N5O2/c1-6-4-7(10(12)17)2-3-8(6)14-11(18)9-5-13-16-15-9/h2-5H,1H3,(H2,12,17)(H,14,18)(H,13,15,16). The van der Waals surface area contributed by atoms with E-state index < -0.39 is 5.91 Å². The van der Waals surface area contributed by atoms with Crippen molar-refractivity contribution in [1.82, 2.24) is 15.4 Å². The third kappa shape index (κ3) is 2.34. The second-order valence-electron chi connectivity index (χ2n) is 3.70. The minimum atomic E-state index is -0.507. The van der Waals surface area contributed by atoms with E-state index in [9.17, 15) is 9.59 Å².